The van der Waals surface area contributed by atoms with Crippen LogP contribution in [-0.2, 0) is 19.6 Å². The van der Waals surface area contributed by atoms with E-state index in [0.717, 1.165) is 15.4 Å². The molecule has 9 heteroatoms. The van der Waals surface area contributed by atoms with E-state index in [9.17, 15) is 18.0 Å². The molecule has 2 N–H and O–H groups in total. The number of aryl methyl sites for hydroxylation is 2. The Labute approximate surface area is 199 Å². The molecule has 0 aliphatic carbocycles. The monoisotopic (exact) mass is 481 g/mol. The van der Waals surface area contributed by atoms with E-state index in [1.54, 1.807) is 67.6 Å². The molecule has 0 unspecified atom stereocenters. The number of hydrogen-bond acceptors (Lipinski definition) is 5. The summed E-state index contributed by atoms with van der Waals surface area (Å²) in [7, 11) is -2.74. The maximum Gasteiger partial charge on any atom is 0.268 e. The van der Waals surface area contributed by atoms with Crippen LogP contribution in [0.15, 0.2) is 71.6 Å². The predicted octanol–water partition coefficient (Wildman–Crippen LogP) is 4.10. The van der Waals surface area contributed by atoms with Gasteiger partial charge in [0.1, 0.15) is 17.2 Å². The van der Waals surface area contributed by atoms with Crippen molar-refractivity contribution < 1.29 is 22.7 Å². The maximum absolute atomic E-state index is 13.7. The average Bonchev–Trinajstić information content (AvgIpc) is 2.79. The molecule has 0 spiro atoms. The van der Waals surface area contributed by atoms with Gasteiger partial charge < -0.3 is 15.4 Å². The van der Waals surface area contributed by atoms with Crippen LogP contribution < -0.4 is 19.7 Å². The van der Waals surface area contributed by atoms with Crippen LogP contribution in [-0.4, -0.2) is 33.9 Å². The standard InChI is InChI=1S/C25H27N3O5S/c1-17-5-12-22(13-6-17)28(34(31,32)24-15-18(2)7-14-23(24)33-4)16-25(30)27-21-10-8-20(9-11-21)26-19(3)29/h5-15H,16H2,1-4H3,(H,26,29)(H,27,30). The van der Waals surface area contributed by atoms with E-state index in [2.05, 4.69) is 10.6 Å². The Kier molecular flexibility index (Phi) is 7.57. The van der Waals surface area contributed by atoms with Crippen molar-refractivity contribution in [3.63, 3.8) is 0 Å². The summed E-state index contributed by atoms with van der Waals surface area (Å²) in [5.41, 5.74) is 3.10. The van der Waals surface area contributed by atoms with Gasteiger partial charge in [0.05, 0.1) is 12.8 Å². The third-order valence-corrected chi connectivity index (χ3v) is 6.78. The van der Waals surface area contributed by atoms with Gasteiger partial charge in [-0.3, -0.25) is 13.9 Å². The zero-order chi connectivity index (χ0) is 24.9. The number of methoxy groups -OCH3 is 1. The minimum absolute atomic E-state index is 0.0250. The van der Waals surface area contributed by atoms with Crippen LogP contribution in [0.2, 0.25) is 0 Å². The van der Waals surface area contributed by atoms with Gasteiger partial charge in [0, 0.05) is 18.3 Å². The first kappa shape index (κ1) is 24.8. The summed E-state index contributed by atoms with van der Waals surface area (Å²) in [5.74, 6) is -0.540. The Morgan fingerprint density at radius 2 is 1.41 bits per heavy atom. The molecule has 3 aromatic rings. The molecule has 0 aromatic heterocycles. The summed E-state index contributed by atoms with van der Waals surface area (Å²) in [5, 5.41) is 5.35. The molecular weight excluding hydrogens is 454 g/mol. The van der Waals surface area contributed by atoms with E-state index in [1.807, 2.05) is 6.92 Å². The molecule has 0 radical (unpaired) electrons. The van der Waals surface area contributed by atoms with Gasteiger partial charge in [-0.1, -0.05) is 23.8 Å². The molecule has 34 heavy (non-hydrogen) atoms. The fourth-order valence-electron chi connectivity index (χ4n) is 3.30. The second kappa shape index (κ2) is 10.4. The van der Waals surface area contributed by atoms with Crippen LogP contribution in [0.5, 0.6) is 5.75 Å². The third kappa shape index (κ3) is 5.93. The quantitative estimate of drug-likeness (QED) is 0.504. The van der Waals surface area contributed by atoms with Crippen molar-refractivity contribution in [3.05, 3.63) is 77.9 Å². The second-order valence-corrected chi connectivity index (χ2v) is 9.64. The first-order valence-corrected chi connectivity index (χ1v) is 12.0. The fraction of sp³-hybridized carbons (Fsp3) is 0.200. The number of ether oxygens (including phenoxy) is 1. The number of nitrogens with one attached hydrogen (secondary N) is 2. The van der Waals surface area contributed by atoms with E-state index in [4.69, 9.17) is 4.74 Å². The van der Waals surface area contributed by atoms with Crippen molar-refractivity contribution >= 4 is 38.9 Å². The van der Waals surface area contributed by atoms with Gasteiger partial charge >= 0.3 is 0 Å². The Morgan fingerprint density at radius 1 is 0.853 bits per heavy atom. The minimum atomic E-state index is -4.14. The summed E-state index contributed by atoms with van der Waals surface area (Å²) in [6.07, 6.45) is 0. The van der Waals surface area contributed by atoms with Gasteiger partial charge in [0.25, 0.3) is 10.0 Å². The predicted molar refractivity (Wildman–Crippen MR) is 133 cm³/mol. The van der Waals surface area contributed by atoms with Gasteiger partial charge in [-0.15, -0.1) is 0 Å². The number of rotatable bonds is 8. The van der Waals surface area contributed by atoms with Crippen LogP contribution in [0.1, 0.15) is 18.1 Å². The van der Waals surface area contributed by atoms with Gasteiger partial charge in [0.2, 0.25) is 11.8 Å². The summed E-state index contributed by atoms with van der Waals surface area (Å²) >= 11 is 0. The first-order chi connectivity index (χ1) is 16.1. The Bertz CT molecular complexity index is 1290. The van der Waals surface area contributed by atoms with Crippen molar-refractivity contribution in [2.45, 2.75) is 25.7 Å². The summed E-state index contributed by atoms with van der Waals surface area (Å²) in [6, 6.07) is 18.3. The number of anilines is 3. The Balaban J connectivity index is 1.93. The molecule has 3 rings (SSSR count). The van der Waals surface area contributed by atoms with Gasteiger partial charge in [-0.05, 0) is 67.9 Å². The smallest absolute Gasteiger partial charge is 0.268 e. The number of benzene rings is 3. The summed E-state index contributed by atoms with van der Waals surface area (Å²) in [4.78, 5) is 24.1. The van der Waals surface area contributed by atoms with Gasteiger partial charge in [-0.2, -0.15) is 0 Å². The van der Waals surface area contributed by atoms with Crippen LogP contribution >= 0.6 is 0 Å². The topological polar surface area (TPSA) is 105 Å². The minimum Gasteiger partial charge on any atom is -0.495 e. The average molecular weight is 482 g/mol. The van der Waals surface area contributed by atoms with E-state index in [0.29, 0.717) is 17.1 Å². The number of carbonyl (C=O) groups excluding carboxylic acids is 2. The van der Waals surface area contributed by atoms with Crippen molar-refractivity contribution in [3.8, 4) is 5.75 Å². The molecule has 0 aliphatic heterocycles. The lowest BCUT2D eigenvalue weighted by Crippen LogP contribution is -2.38. The Morgan fingerprint density at radius 3 is 1.97 bits per heavy atom. The van der Waals surface area contributed by atoms with E-state index < -0.39 is 22.5 Å². The maximum atomic E-state index is 13.7. The lowest BCUT2D eigenvalue weighted by atomic mass is 10.2. The molecular formula is C25H27N3O5S. The molecule has 0 saturated heterocycles. The molecule has 0 heterocycles. The van der Waals surface area contributed by atoms with Crippen LogP contribution in [0.4, 0.5) is 17.1 Å². The van der Waals surface area contributed by atoms with E-state index in [-0.39, 0.29) is 16.6 Å². The molecule has 2 amide bonds. The molecule has 0 aliphatic rings. The Hall–Kier alpha value is -3.85. The molecule has 0 atom stereocenters. The SMILES string of the molecule is COc1ccc(C)cc1S(=O)(=O)N(CC(=O)Nc1ccc(NC(C)=O)cc1)c1ccc(C)cc1. The highest BCUT2D eigenvalue weighted by atomic mass is 32.2. The lowest BCUT2D eigenvalue weighted by molar-refractivity contribution is -0.115. The second-order valence-electron chi connectivity index (χ2n) is 7.81. The van der Waals surface area contributed by atoms with Crippen molar-refractivity contribution in [1.29, 1.82) is 0 Å². The number of sulfonamides is 1. The molecule has 8 nitrogen and oxygen atoms in total. The van der Waals surface area contributed by atoms with Gasteiger partial charge in [0.15, 0.2) is 0 Å². The lowest BCUT2D eigenvalue weighted by Gasteiger charge is -2.25. The van der Waals surface area contributed by atoms with Crippen molar-refractivity contribution in [2.24, 2.45) is 0 Å². The number of nitrogens with zero attached hydrogens (tertiary/aromatic N) is 1. The van der Waals surface area contributed by atoms with Crippen molar-refractivity contribution in [1.82, 2.24) is 0 Å². The molecule has 3 aromatic carbocycles. The zero-order valence-corrected chi connectivity index (χ0v) is 20.3. The van der Waals surface area contributed by atoms with Gasteiger partial charge in [-0.25, -0.2) is 8.42 Å². The van der Waals surface area contributed by atoms with Crippen LogP contribution in [0, 0.1) is 13.8 Å². The first-order valence-electron chi connectivity index (χ1n) is 10.5. The normalized spacial score (nSPS) is 10.9. The molecule has 178 valence electrons. The number of hydrogen-bond donors (Lipinski definition) is 2. The highest BCUT2D eigenvalue weighted by Crippen LogP contribution is 2.31. The van der Waals surface area contributed by atoms with Crippen LogP contribution in [0.25, 0.3) is 0 Å². The van der Waals surface area contributed by atoms with E-state index >= 15 is 0 Å². The molecule has 0 fully saturated rings. The third-order valence-electron chi connectivity index (χ3n) is 4.99. The zero-order valence-electron chi connectivity index (χ0n) is 19.5. The summed E-state index contributed by atoms with van der Waals surface area (Å²) < 4.78 is 33.8. The molecule has 0 saturated carbocycles. The highest BCUT2D eigenvalue weighted by molar-refractivity contribution is 7.93. The summed E-state index contributed by atoms with van der Waals surface area (Å²) in [6.45, 7) is 4.63. The molecule has 0 bridgehead atoms. The van der Waals surface area contributed by atoms with E-state index in [1.165, 1.54) is 20.1 Å². The van der Waals surface area contributed by atoms with Crippen LogP contribution in [0.3, 0.4) is 0 Å². The number of carbonyl (C=O) groups is 2. The fourth-order valence-corrected chi connectivity index (χ4v) is 4.97. The number of amides is 2. The largest absolute Gasteiger partial charge is 0.495 e. The van der Waals surface area contributed by atoms with Crippen molar-refractivity contribution in [2.75, 3.05) is 28.6 Å². The highest BCUT2D eigenvalue weighted by Gasteiger charge is 2.30.